The highest BCUT2D eigenvalue weighted by Crippen LogP contribution is 2.23. The molecule has 0 radical (unpaired) electrons. The second-order valence-corrected chi connectivity index (χ2v) is 8.89. The molecule has 0 N–H and O–H groups in total. The standard InChI is InChI=1S/C25H29NO4S/c1-3-18-6-8-19(9-7-18)17-21(27)12-10-20-11-15-24(28)26(20)16-4-5-22-13-14-23(31-22)25(29)30-2/h6-10,12-14,20H,3-5,11,15-17H2,1-2H3/b12-10+. The summed E-state index contributed by atoms with van der Waals surface area (Å²) in [6.07, 6.45) is 7.76. The smallest absolute Gasteiger partial charge is 0.348 e. The van der Waals surface area contributed by atoms with Crippen LogP contribution in [0.4, 0.5) is 0 Å². The molecule has 31 heavy (non-hydrogen) atoms. The highest BCUT2D eigenvalue weighted by atomic mass is 32.1. The number of hydrogen-bond acceptors (Lipinski definition) is 5. The molecule has 1 aliphatic heterocycles. The van der Waals surface area contributed by atoms with Gasteiger partial charge in [0.25, 0.3) is 0 Å². The fraction of sp³-hybridized carbons (Fsp3) is 0.400. The van der Waals surface area contributed by atoms with Crippen LogP contribution in [0.2, 0.25) is 0 Å². The van der Waals surface area contributed by atoms with Crippen LogP contribution < -0.4 is 0 Å². The molecule has 1 aliphatic rings. The number of nitrogens with zero attached hydrogens (tertiary/aromatic N) is 1. The lowest BCUT2D eigenvalue weighted by Crippen LogP contribution is -2.33. The highest BCUT2D eigenvalue weighted by molar-refractivity contribution is 7.13. The molecule has 1 saturated heterocycles. The molecule has 5 nitrogen and oxygen atoms in total. The number of hydrogen-bond donors (Lipinski definition) is 0. The zero-order valence-electron chi connectivity index (χ0n) is 18.1. The van der Waals surface area contributed by atoms with Gasteiger partial charge in [0.1, 0.15) is 4.88 Å². The lowest BCUT2D eigenvalue weighted by molar-refractivity contribution is -0.128. The largest absolute Gasteiger partial charge is 0.465 e. The van der Waals surface area contributed by atoms with Crippen LogP contribution in [0.1, 0.15) is 51.9 Å². The summed E-state index contributed by atoms with van der Waals surface area (Å²) in [5.74, 6) is -0.127. The van der Waals surface area contributed by atoms with E-state index in [9.17, 15) is 14.4 Å². The van der Waals surface area contributed by atoms with Crippen molar-refractivity contribution in [3.8, 4) is 0 Å². The van der Waals surface area contributed by atoms with E-state index in [-0.39, 0.29) is 23.7 Å². The second-order valence-electron chi connectivity index (χ2n) is 7.73. The number of ketones is 1. The first-order valence-electron chi connectivity index (χ1n) is 10.8. The van der Waals surface area contributed by atoms with Crippen LogP contribution in [0.3, 0.4) is 0 Å². The Hall–Kier alpha value is -2.73. The van der Waals surface area contributed by atoms with Gasteiger partial charge in [-0.25, -0.2) is 4.79 Å². The molecule has 164 valence electrons. The molecule has 0 aliphatic carbocycles. The summed E-state index contributed by atoms with van der Waals surface area (Å²) >= 11 is 1.43. The van der Waals surface area contributed by atoms with Gasteiger partial charge in [0, 0.05) is 24.3 Å². The van der Waals surface area contributed by atoms with Gasteiger partial charge in [0.05, 0.1) is 13.2 Å². The molecular weight excluding hydrogens is 410 g/mol. The summed E-state index contributed by atoms with van der Waals surface area (Å²) in [7, 11) is 1.38. The molecule has 3 rings (SSSR count). The Morgan fingerprint density at radius 2 is 1.90 bits per heavy atom. The van der Waals surface area contributed by atoms with E-state index in [2.05, 4.69) is 19.1 Å². The summed E-state index contributed by atoms with van der Waals surface area (Å²) in [5.41, 5.74) is 2.27. The van der Waals surface area contributed by atoms with Crippen molar-refractivity contribution >= 4 is 29.0 Å². The normalized spacial score (nSPS) is 16.3. The highest BCUT2D eigenvalue weighted by Gasteiger charge is 2.28. The molecule has 0 spiro atoms. The number of allylic oxidation sites excluding steroid dienone is 1. The Balaban J connectivity index is 1.50. The average molecular weight is 440 g/mol. The minimum atomic E-state index is -0.317. The lowest BCUT2D eigenvalue weighted by Gasteiger charge is -2.22. The van der Waals surface area contributed by atoms with Gasteiger partial charge in [-0.2, -0.15) is 0 Å². The van der Waals surface area contributed by atoms with Gasteiger partial charge >= 0.3 is 5.97 Å². The molecule has 1 amide bonds. The molecule has 6 heteroatoms. The molecule has 1 aromatic heterocycles. The van der Waals surface area contributed by atoms with Crippen molar-refractivity contribution in [2.75, 3.05) is 13.7 Å². The quantitative estimate of drug-likeness (QED) is 0.407. The van der Waals surface area contributed by atoms with E-state index in [0.29, 0.717) is 24.3 Å². The molecule has 2 heterocycles. The maximum Gasteiger partial charge on any atom is 0.348 e. The fourth-order valence-electron chi connectivity index (χ4n) is 3.76. The third kappa shape index (κ3) is 6.37. The van der Waals surface area contributed by atoms with E-state index >= 15 is 0 Å². The molecular formula is C25H29NO4S. The number of likely N-dealkylation sites (tertiary alicyclic amines) is 1. The molecule has 1 aromatic carbocycles. The van der Waals surface area contributed by atoms with Gasteiger partial charge in [-0.1, -0.05) is 37.3 Å². The predicted octanol–water partition coefficient (Wildman–Crippen LogP) is 4.39. The number of ether oxygens (including phenoxy) is 1. The molecule has 2 aromatic rings. The Kier molecular flexibility index (Phi) is 8.18. The van der Waals surface area contributed by atoms with Crippen LogP contribution >= 0.6 is 11.3 Å². The summed E-state index contributed by atoms with van der Waals surface area (Å²) in [6, 6.07) is 11.8. The number of rotatable bonds is 10. The maximum atomic E-state index is 12.4. The van der Waals surface area contributed by atoms with E-state index in [1.54, 1.807) is 12.1 Å². The van der Waals surface area contributed by atoms with Crippen molar-refractivity contribution in [2.45, 2.75) is 51.5 Å². The molecule has 1 atom stereocenters. The van der Waals surface area contributed by atoms with Gasteiger partial charge in [0.15, 0.2) is 5.78 Å². The minimum Gasteiger partial charge on any atom is -0.465 e. The van der Waals surface area contributed by atoms with Crippen molar-refractivity contribution < 1.29 is 19.1 Å². The van der Waals surface area contributed by atoms with Crippen molar-refractivity contribution in [3.63, 3.8) is 0 Å². The third-order valence-electron chi connectivity index (χ3n) is 5.56. The molecule has 0 bridgehead atoms. The number of benzene rings is 1. The Morgan fingerprint density at radius 1 is 1.16 bits per heavy atom. The van der Waals surface area contributed by atoms with Crippen LogP contribution in [0.15, 0.2) is 48.6 Å². The Morgan fingerprint density at radius 3 is 2.61 bits per heavy atom. The zero-order valence-corrected chi connectivity index (χ0v) is 19.0. The van der Waals surface area contributed by atoms with Crippen molar-refractivity contribution in [1.29, 1.82) is 0 Å². The first-order valence-corrected chi connectivity index (χ1v) is 11.6. The molecule has 0 saturated carbocycles. The number of carbonyl (C=O) groups is 3. The average Bonchev–Trinajstić information content (AvgIpc) is 3.39. The lowest BCUT2D eigenvalue weighted by atomic mass is 10.0. The number of carbonyl (C=O) groups excluding carboxylic acids is 3. The number of amides is 1. The first-order chi connectivity index (χ1) is 15.0. The third-order valence-corrected chi connectivity index (χ3v) is 6.68. The summed E-state index contributed by atoms with van der Waals surface area (Å²) in [6.45, 7) is 2.75. The molecule has 1 unspecified atom stereocenters. The van der Waals surface area contributed by atoms with Crippen molar-refractivity contribution in [1.82, 2.24) is 4.90 Å². The van der Waals surface area contributed by atoms with E-state index < -0.39 is 0 Å². The van der Waals surface area contributed by atoms with Crippen molar-refractivity contribution in [2.24, 2.45) is 0 Å². The van der Waals surface area contributed by atoms with E-state index in [1.165, 1.54) is 24.0 Å². The second kappa shape index (κ2) is 11.0. The monoisotopic (exact) mass is 439 g/mol. The number of aryl methyl sites for hydroxylation is 2. The van der Waals surface area contributed by atoms with Gasteiger partial charge in [-0.3, -0.25) is 9.59 Å². The van der Waals surface area contributed by atoms with E-state index in [1.807, 2.05) is 29.2 Å². The van der Waals surface area contributed by atoms with Crippen LogP contribution in [0, 0.1) is 0 Å². The molecule has 1 fully saturated rings. The van der Waals surface area contributed by atoms with E-state index in [4.69, 9.17) is 4.74 Å². The van der Waals surface area contributed by atoms with Gasteiger partial charge in [-0.15, -0.1) is 11.3 Å². The summed E-state index contributed by atoms with van der Waals surface area (Å²) in [4.78, 5) is 39.8. The van der Waals surface area contributed by atoms with Crippen LogP contribution in [-0.4, -0.2) is 42.3 Å². The Labute approximate surface area is 187 Å². The summed E-state index contributed by atoms with van der Waals surface area (Å²) < 4.78 is 4.74. The first kappa shape index (κ1) is 22.9. The SMILES string of the molecule is CCc1ccc(CC(=O)/C=C/C2CCC(=O)N2CCCc2ccc(C(=O)OC)s2)cc1. The van der Waals surface area contributed by atoms with Gasteiger partial charge in [0.2, 0.25) is 5.91 Å². The Bertz CT molecular complexity index is 945. The number of esters is 1. The van der Waals surface area contributed by atoms with E-state index in [0.717, 1.165) is 36.1 Å². The predicted molar refractivity (Wildman–Crippen MR) is 122 cm³/mol. The fourth-order valence-corrected chi connectivity index (χ4v) is 4.73. The summed E-state index contributed by atoms with van der Waals surface area (Å²) in [5, 5.41) is 0. The number of methoxy groups -OCH3 is 1. The van der Waals surface area contributed by atoms with Crippen molar-refractivity contribution in [3.05, 3.63) is 69.4 Å². The van der Waals surface area contributed by atoms with Crippen LogP contribution in [-0.2, 0) is 33.6 Å². The number of thiophene rings is 1. The zero-order chi connectivity index (χ0) is 22.2. The maximum absolute atomic E-state index is 12.4. The van der Waals surface area contributed by atoms with Gasteiger partial charge < -0.3 is 9.64 Å². The topological polar surface area (TPSA) is 63.7 Å². The van der Waals surface area contributed by atoms with Gasteiger partial charge in [-0.05, 0) is 55.0 Å². The minimum absolute atomic E-state index is 0.0205. The van der Waals surface area contributed by atoms with Crippen LogP contribution in [0.25, 0.3) is 0 Å². The van der Waals surface area contributed by atoms with Crippen LogP contribution in [0.5, 0.6) is 0 Å².